The normalized spacial score (nSPS) is 15.8. The largest absolute Gasteiger partial charge is 0.453 e. The van der Waals surface area contributed by atoms with Crippen molar-refractivity contribution in [3.63, 3.8) is 0 Å². The van der Waals surface area contributed by atoms with Crippen LogP contribution >= 0.6 is 22.2 Å². The molecule has 0 saturated carbocycles. The molecule has 0 aliphatic carbocycles. The van der Waals surface area contributed by atoms with Gasteiger partial charge in [-0.2, -0.15) is 43.9 Å². The molecule has 0 aliphatic rings. The fourth-order valence-corrected chi connectivity index (χ4v) is 7.60. The predicted octanol–water partition coefficient (Wildman–Crippen LogP) is 13.4. The quantitative estimate of drug-likeness (QED) is 0.0468. The predicted molar refractivity (Wildman–Crippen MR) is 130 cm³/mol. The first kappa shape index (κ1) is 47.3. The number of rotatable bonds is 21. The van der Waals surface area contributed by atoms with Crippen LogP contribution in [0.15, 0.2) is 0 Å². The Hall–Kier alpha value is -0.743. The van der Waals surface area contributed by atoms with Crippen molar-refractivity contribution in [2.24, 2.45) is 0 Å². The summed E-state index contributed by atoms with van der Waals surface area (Å²) in [4.78, 5) is 0. The summed E-state index contributed by atoms with van der Waals surface area (Å²) in [7, 11) is 0. The third-order valence-electron chi connectivity index (χ3n) is 6.28. The van der Waals surface area contributed by atoms with Crippen molar-refractivity contribution in [2.45, 2.75) is 142 Å². The minimum Gasteiger partial charge on any atom is -0.207 e. The molecule has 48 heavy (non-hydrogen) atoms. The molecule has 0 rings (SSSR count). The summed E-state index contributed by atoms with van der Waals surface area (Å²) in [6.07, 6.45) is -36.6. The third-order valence-corrected chi connectivity index (χ3v) is 10.7. The lowest BCUT2D eigenvalue weighted by molar-refractivity contribution is -0.304. The first-order valence-corrected chi connectivity index (χ1v) is 17.6. The van der Waals surface area contributed by atoms with E-state index in [4.69, 9.17) is 22.2 Å². The minimum atomic E-state index is -6.54. The second-order valence-electron chi connectivity index (χ2n) is 11.5. The van der Waals surface area contributed by atoms with Gasteiger partial charge in [0.1, 0.15) is 0 Å². The van der Waals surface area contributed by atoms with Crippen LogP contribution < -0.4 is 0 Å². The second kappa shape index (κ2) is 15.5. The van der Waals surface area contributed by atoms with Crippen LogP contribution in [0.4, 0.5) is 96.6 Å². The smallest absolute Gasteiger partial charge is 0.207 e. The Labute approximate surface area is 268 Å². The topological polar surface area (TPSA) is 0 Å². The lowest BCUT2D eigenvalue weighted by Gasteiger charge is -2.29. The number of alkyl halides is 22. The van der Waals surface area contributed by atoms with E-state index in [1.54, 1.807) is 0 Å². The molecule has 0 heterocycles. The molecule has 0 radical (unpaired) electrons. The van der Waals surface area contributed by atoms with Gasteiger partial charge in [0.05, 0.1) is 38.5 Å². The highest BCUT2D eigenvalue weighted by Gasteiger charge is 2.64. The van der Waals surface area contributed by atoms with Crippen LogP contribution in [0.5, 0.6) is 0 Å². The van der Waals surface area contributed by atoms with Crippen LogP contribution in [-0.4, -0.2) is 66.4 Å². The van der Waals surface area contributed by atoms with E-state index in [2.05, 4.69) is 0 Å². The molecule has 0 spiro atoms. The molecule has 0 aromatic heterocycles. The van der Waals surface area contributed by atoms with Crippen molar-refractivity contribution >= 4 is 28.9 Å². The Morgan fingerprint density at radius 3 is 0.875 bits per heavy atom. The second-order valence-corrected chi connectivity index (χ2v) is 19.2. The van der Waals surface area contributed by atoms with Crippen molar-refractivity contribution in [3.8, 4) is 0 Å². The highest BCUT2D eigenvalue weighted by Crippen LogP contribution is 2.49. The summed E-state index contributed by atoms with van der Waals surface area (Å²) in [6.45, 7) is -3.70. The minimum absolute atomic E-state index is 0.450. The van der Waals surface area contributed by atoms with Crippen molar-refractivity contribution in [1.82, 2.24) is 0 Å². The summed E-state index contributed by atoms with van der Waals surface area (Å²) in [5.41, 5.74) is 0. The first-order chi connectivity index (χ1) is 20.7. The molecule has 290 valence electrons. The van der Waals surface area contributed by atoms with E-state index in [1.807, 2.05) is 0 Å². The van der Waals surface area contributed by atoms with Crippen LogP contribution in [0.3, 0.4) is 0 Å². The zero-order valence-corrected chi connectivity index (χ0v) is 26.3. The highest BCUT2D eigenvalue weighted by atomic mass is 35.7. The fourth-order valence-electron chi connectivity index (χ4n) is 4.29. The maximum absolute atomic E-state index is 14.0. The summed E-state index contributed by atoms with van der Waals surface area (Å²) in [5, 5.41) is 0. The summed E-state index contributed by atoms with van der Waals surface area (Å²) in [6, 6.07) is -1.05. The number of hydrogen-bond donors (Lipinski definition) is 0. The molecule has 0 aromatic rings. The van der Waals surface area contributed by atoms with Gasteiger partial charge in [0.2, 0.25) is 0 Å². The Bertz CT molecular complexity index is 1000. The van der Waals surface area contributed by atoms with Gasteiger partial charge in [-0.15, -0.1) is 22.2 Å². The van der Waals surface area contributed by atoms with Gasteiger partial charge >= 0.3 is 24.2 Å². The number of hydrogen-bond acceptors (Lipinski definition) is 0. The van der Waals surface area contributed by atoms with E-state index in [-0.39, 0.29) is 0 Å². The molecular weight excluding hydrogens is 793 g/mol. The summed E-state index contributed by atoms with van der Waals surface area (Å²) in [5.74, 6) is -42.4. The average molecular weight is 819 g/mol. The molecule has 0 saturated heterocycles. The molecule has 0 nitrogen and oxygen atoms in total. The van der Waals surface area contributed by atoms with Crippen LogP contribution in [0, 0.1) is 0 Å². The molecule has 0 atom stereocenters. The van der Waals surface area contributed by atoms with Gasteiger partial charge in [0.15, 0.2) is 0 Å². The highest BCUT2D eigenvalue weighted by molar-refractivity contribution is 7.45. The summed E-state index contributed by atoms with van der Waals surface area (Å²) < 4.78 is 289. The fraction of sp³-hybridized carbons (Fsp3) is 1.00. The van der Waals surface area contributed by atoms with Gasteiger partial charge in [-0.05, 0) is 24.9 Å². The Balaban J connectivity index is 4.91. The van der Waals surface area contributed by atoms with Crippen molar-refractivity contribution in [2.75, 3.05) is 0 Å². The Morgan fingerprint density at radius 2 is 0.562 bits per heavy atom. The number of halogens is 24. The van der Waals surface area contributed by atoms with Crippen molar-refractivity contribution in [1.29, 1.82) is 0 Å². The molecule has 0 bridgehead atoms. The van der Waals surface area contributed by atoms with Crippen LogP contribution in [0.1, 0.15) is 70.6 Å². The van der Waals surface area contributed by atoms with Gasteiger partial charge in [0.25, 0.3) is 42.2 Å². The molecule has 0 aromatic carbocycles. The zero-order valence-electron chi connectivity index (χ0n) is 23.8. The standard InChI is InChI=1S/C23H26Cl2F22Si/c24-48(25,7-3-5-15(28,29)9-17(32,33)11-19(36,37)13-21(40,41)23(45,46)47)6-2-1-4-14(26,27)8-16(30,31)10-18(34,35)12-20(38,39)22(42,43)44/h1-13H2. The molecule has 0 aliphatic heterocycles. The third kappa shape index (κ3) is 18.0. The van der Waals surface area contributed by atoms with Crippen molar-refractivity contribution in [3.05, 3.63) is 0 Å². The molecule has 0 unspecified atom stereocenters. The number of unbranched alkanes of at least 4 members (excludes halogenated alkanes) is 1. The van der Waals surface area contributed by atoms with Gasteiger partial charge in [-0.3, -0.25) is 0 Å². The van der Waals surface area contributed by atoms with E-state index in [1.165, 1.54) is 0 Å². The maximum Gasteiger partial charge on any atom is 0.453 e. The molecule has 0 N–H and O–H groups in total. The monoisotopic (exact) mass is 818 g/mol. The van der Waals surface area contributed by atoms with Gasteiger partial charge < -0.3 is 0 Å². The van der Waals surface area contributed by atoms with Crippen molar-refractivity contribution < 1.29 is 96.6 Å². The van der Waals surface area contributed by atoms with Crippen LogP contribution in [0.25, 0.3) is 0 Å². The van der Waals surface area contributed by atoms with E-state index in [0.717, 1.165) is 0 Å². The van der Waals surface area contributed by atoms with Gasteiger partial charge in [-0.1, -0.05) is 6.42 Å². The SMILES string of the molecule is FC(F)(CCCC[Si](Cl)(Cl)CCCC(F)(F)CC(F)(F)CC(F)(F)CC(F)(F)C(F)(F)F)CC(F)(F)CC(F)(F)CC(F)(F)C(F)(F)F. The van der Waals surface area contributed by atoms with Crippen LogP contribution in [-0.2, 0) is 0 Å². The summed E-state index contributed by atoms with van der Waals surface area (Å²) >= 11 is 11.8. The van der Waals surface area contributed by atoms with E-state index < -0.39 is 149 Å². The van der Waals surface area contributed by atoms with E-state index in [9.17, 15) is 96.6 Å². The van der Waals surface area contributed by atoms with E-state index in [0.29, 0.717) is 0 Å². The molecule has 0 amide bonds. The first-order valence-electron chi connectivity index (χ1n) is 13.2. The Morgan fingerprint density at radius 1 is 0.312 bits per heavy atom. The molecular formula is C23H26Cl2F22Si. The Kier molecular flexibility index (Phi) is 15.2. The lowest BCUT2D eigenvalue weighted by atomic mass is 9.96. The van der Waals surface area contributed by atoms with E-state index >= 15 is 0 Å². The van der Waals surface area contributed by atoms with Gasteiger partial charge in [0, 0.05) is 12.8 Å². The average Bonchev–Trinajstić information content (AvgIpc) is 2.69. The van der Waals surface area contributed by atoms with Gasteiger partial charge in [-0.25, -0.2) is 52.7 Å². The lowest BCUT2D eigenvalue weighted by Crippen LogP contribution is -2.44. The maximum atomic E-state index is 14.0. The molecule has 0 fully saturated rings. The molecule has 25 heteroatoms. The van der Waals surface area contributed by atoms with Crippen LogP contribution in [0.2, 0.25) is 12.1 Å². The zero-order chi connectivity index (χ0) is 38.7.